The molecule has 0 unspecified atom stereocenters. The van der Waals surface area contributed by atoms with Crippen LogP contribution in [0.3, 0.4) is 0 Å². The zero-order valence-electron chi connectivity index (χ0n) is 19.0. The first kappa shape index (κ1) is 23.4. The largest absolute Gasteiger partial charge is 0.416 e. The van der Waals surface area contributed by atoms with Crippen LogP contribution in [0.1, 0.15) is 56.9 Å². The monoisotopic (exact) mass is 451 g/mol. The van der Waals surface area contributed by atoms with Gasteiger partial charge in [0.2, 0.25) is 5.91 Å². The molecular formula is C25H36F3N3O. The summed E-state index contributed by atoms with van der Waals surface area (Å²) in [7, 11) is 0. The molecule has 2 saturated heterocycles. The number of rotatable bonds is 6. The van der Waals surface area contributed by atoms with Gasteiger partial charge in [0.05, 0.1) is 5.56 Å². The lowest BCUT2D eigenvalue weighted by Gasteiger charge is -2.37. The van der Waals surface area contributed by atoms with Crippen LogP contribution in [0.15, 0.2) is 24.3 Å². The van der Waals surface area contributed by atoms with Crippen LogP contribution in [0.5, 0.6) is 0 Å². The van der Waals surface area contributed by atoms with Crippen molar-refractivity contribution < 1.29 is 18.0 Å². The zero-order valence-corrected chi connectivity index (χ0v) is 19.0. The van der Waals surface area contributed by atoms with E-state index in [1.807, 2.05) is 4.90 Å². The van der Waals surface area contributed by atoms with Crippen LogP contribution in [-0.2, 0) is 11.0 Å². The Morgan fingerprint density at radius 2 is 1.56 bits per heavy atom. The first-order valence-electron chi connectivity index (χ1n) is 12.3. The van der Waals surface area contributed by atoms with E-state index in [1.54, 1.807) is 6.07 Å². The molecule has 0 radical (unpaired) electrons. The van der Waals surface area contributed by atoms with Gasteiger partial charge in [0.15, 0.2) is 0 Å². The second-order valence-electron chi connectivity index (χ2n) is 9.84. The molecular weight excluding hydrogens is 415 g/mol. The minimum absolute atomic E-state index is 0.365. The number of halogens is 3. The molecule has 1 aromatic rings. The molecule has 32 heavy (non-hydrogen) atoms. The van der Waals surface area contributed by atoms with Gasteiger partial charge in [-0.05, 0) is 68.7 Å². The fraction of sp³-hybridized carbons (Fsp3) is 0.720. The van der Waals surface area contributed by atoms with Crippen LogP contribution in [0.25, 0.3) is 0 Å². The number of alkyl halides is 3. The topological polar surface area (TPSA) is 26.8 Å². The number of anilines is 1. The minimum atomic E-state index is -4.29. The highest BCUT2D eigenvalue weighted by atomic mass is 19.4. The van der Waals surface area contributed by atoms with Crippen LogP contribution >= 0.6 is 0 Å². The Morgan fingerprint density at radius 3 is 2.22 bits per heavy atom. The molecule has 3 fully saturated rings. The Bertz CT molecular complexity index is 747. The Balaban J connectivity index is 1.14. The number of amides is 1. The quantitative estimate of drug-likeness (QED) is 0.607. The highest BCUT2D eigenvalue weighted by Gasteiger charge is 2.31. The first-order valence-corrected chi connectivity index (χ1v) is 12.3. The molecule has 1 aromatic carbocycles. The van der Waals surface area contributed by atoms with Gasteiger partial charge in [0.25, 0.3) is 0 Å². The molecule has 0 aromatic heterocycles. The third-order valence-corrected chi connectivity index (χ3v) is 7.65. The summed E-state index contributed by atoms with van der Waals surface area (Å²) in [6.07, 6.45) is 4.75. The highest BCUT2D eigenvalue weighted by Crippen LogP contribution is 2.34. The van der Waals surface area contributed by atoms with Gasteiger partial charge in [-0.15, -0.1) is 0 Å². The number of likely N-dealkylation sites (tertiary alicyclic amines) is 1. The van der Waals surface area contributed by atoms with Crippen molar-refractivity contribution in [3.63, 3.8) is 0 Å². The average Bonchev–Trinajstić information content (AvgIpc) is 3.34. The summed E-state index contributed by atoms with van der Waals surface area (Å²) in [5.41, 5.74) is 0.0939. The molecule has 1 amide bonds. The van der Waals surface area contributed by atoms with Crippen LogP contribution < -0.4 is 4.90 Å². The predicted octanol–water partition coefficient (Wildman–Crippen LogP) is 5.04. The predicted molar refractivity (Wildman–Crippen MR) is 121 cm³/mol. The average molecular weight is 452 g/mol. The fourth-order valence-electron chi connectivity index (χ4n) is 5.54. The summed E-state index contributed by atoms with van der Waals surface area (Å²) in [6.45, 7) is 6.31. The molecule has 0 atom stereocenters. The van der Waals surface area contributed by atoms with Gasteiger partial charge < -0.3 is 9.80 Å². The number of carbonyl (C=O) groups excluding carboxylic acids is 1. The molecule has 1 aliphatic carbocycles. The molecule has 0 spiro atoms. The summed E-state index contributed by atoms with van der Waals surface area (Å²) in [6, 6.07) is 5.68. The fourth-order valence-corrected chi connectivity index (χ4v) is 5.54. The van der Waals surface area contributed by atoms with E-state index in [9.17, 15) is 18.0 Å². The van der Waals surface area contributed by atoms with E-state index in [4.69, 9.17) is 0 Å². The van der Waals surface area contributed by atoms with Crippen molar-refractivity contribution in [1.29, 1.82) is 0 Å². The lowest BCUT2D eigenvalue weighted by atomic mass is 9.79. The van der Waals surface area contributed by atoms with Crippen LogP contribution in [0, 0.1) is 11.8 Å². The first-order chi connectivity index (χ1) is 15.4. The van der Waals surface area contributed by atoms with E-state index >= 15 is 0 Å². The van der Waals surface area contributed by atoms with Gasteiger partial charge in [0, 0.05) is 51.4 Å². The maximum Gasteiger partial charge on any atom is 0.416 e. The number of carbonyl (C=O) groups is 1. The van der Waals surface area contributed by atoms with Crippen molar-refractivity contribution in [2.75, 3.05) is 50.7 Å². The number of benzene rings is 1. The smallest absolute Gasteiger partial charge is 0.369 e. The third-order valence-electron chi connectivity index (χ3n) is 7.65. The second kappa shape index (κ2) is 10.4. The van der Waals surface area contributed by atoms with Crippen molar-refractivity contribution in [1.82, 2.24) is 9.80 Å². The molecule has 0 bridgehead atoms. The Labute approximate surface area is 189 Å². The van der Waals surface area contributed by atoms with Crippen LogP contribution in [-0.4, -0.2) is 61.5 Å². The number of piperazine rings is 1. The highest BCUT2D eigenvalue weighted by molar-refractivity contribution is 5.76. The third kappa shape index (κ3) is 6.18. The van der Waals surface area contributed by atoms with Crippen molar-refractivity contribution >= 4 is 11.6 Å². The van der Waals surface area contributed by atoms with E-state index < -0.39 is 11.7 Å². The van der Waals surface area contributed by atoms with E-state index in [0.29, 0.717) is 17.5 Å². The Kier molecular flexibility index (Phi) is 7.64. The van der Waals surface area contributed by atoms with Gasteiger partial charge in [0.1, 0.15) is 0 Å². The lowest BCUT2D eigenvalue weighted by molar-refractivity contribution is -0.137. The zero-order chi connectivity index (χ0) is 22.6. The summed E-state index contributed by atoms with van der Waals surface area (Å²) in [5.74, 6) is 1.68. The number of hydrogen-bond acceptors (Lipinski definition) is 3. The summed E-state index contributed by atoms with van der Waals surface area (Å²) >= 11 is 0. The van der Waals surface area contributed by atoms with Gasteiger partial charge in [-0.25, -0.2) is 0 Å². The Morgan fingerprint density at radius 1 is 0.906 bits per heavy atom. The van der Waals surface area contributed by atoms with Crippen molar-refractivity contribution in [3.8, 4) is 0 Å². The maximum absolute atomic E-state index is 13.0. The Hall–Kier alpha value is -1.76. The summed E-state index contributed by atoms with van der Waals surface area (Å²) < 4.78 is 39.0. The lowest BCUT2D eigenvalue weighted by Crippen LogP contribution is -2.47. The van der Waals surface area contributed by atoms with Crippen molar-refractivity contribution in [2.24, 2.45) is 11.8 Å². The van der Waals surface area contributed by atoms with Gasteiger partial charge in [-0.2, -0.15) is 13.2 Å². The molecule has 0 N–H and O–H groups in total. The standard InChI is InChI=1S/C25H36F3N3O/c26-25(27,28)22-4-3-5-23(19-22)30-16-14-29(15-17-30)13-10-20-6-8-21(9-7-20)18-24(32)31-11-1-2-12-31/h3-5,19-21H,1-2,6-18H2/t20-,21-. The van der Waals surface area contributed by atoms with E-state index in [2.05, 4.69) is 9.80 Å². The second-order valence-corrected chi connectivity index (χ2v) is 9.84. The summed E-state index contributed by atoms with van der Waals surface area (Å²) in [5, 5.41) is 0. The normalized spacial score (nSPS) is 25.3. The van der Waals surface area contributed by atoms with E-state index in [1.165, 1.54) is 44.2 Å². The minimum Gasteiger partial charge on any atom is -0.369 e. The molecule has 3 aliphatic rings. The van der Waals surface area contributed by atoms with Crippen LogP contribution in [0.4, 0.5) is 18.9 Å². The van der Waals surface area contributed by atoms with Crippen molar-refractivity contribution in [2.45, 2.75) is 57.5 Å². The maximum atomic E-state index is 13.0. The molecule has 2 heterocycles. The van der Waals surface area contributed by atoms with Gasteiger partial charge in [-0.1, -0.05) is 18.9 Å². The van der Waals surface area contributed by atoms with Crippen molar-refractivity contribution in [3.05, 3.63) is 29.8 Å². The van der Waals surface area contributed by atoms with E-state index in [0.717, 1.165) is 77.1 Å². The van der Waals surface area contributed by atoms with Gasteiger partial charge in [-0.3, -0.25) is 9.69 Å². The molecule has 1 saturated carbocycles. The SMILES string of the molecule is O=C(C[C@H]1CC[C@H](CCN2CCN(c3cccc(C(F)(F)F)c3)CC2)CC1)N1CCCC1. The van der Waals surface area contributed by atoms with E-state index in [-0.39, 0.29) is 0 Å². The summed E-state index contributed by atoms with van der Waals surface area (Å²) in [4.78, 5) is 18.9. The molecule has 2 aliphatic heterocycles. The molecule has 4 nitrogen and oxygen atoms in total. The van der Waals surface area contributed by atoms with Gasteiger partial charge >= 0.3 is 6.18 Å². The molecule has 178 valence electrons. The number of hydrogen-bond donors (Lipinski definition) is 0. The molecule has 7 heteroatoms. The molecule has 4 rings (SSSR count). The van der Waals surface area contributed by atoms with Crippen LogP contribution in [0.2, 0.25) is 0 Å². The number of nitrogens with zero attached hydrogens (tertiary/aromatic N) is 3.